The summed E-state index contributed by atoms with van der Waals surface area (Å²) in [7, 11) is 4.31. The van der Waals surface area contributed by atoms with Gasteiger partial charge in [-0.3, -0.25) is 4.79 Å². The molecular formula is C24H24O10. The van der Waals surface area contributed by atoms with E-state index in [-0.39, 0.29) is 46.5 Å². The highest BCUT2D eigenvalue weighted by molar-refractivity contribution is 5.90. The van der Waals surface area contributed by atoms with Crippen molar-refractivity contribution in [3.05, 3.63) is 46.6 Å². The molecule has 10 heteroatoms. The van der Waals surface area contributed by atoms with Gasteiger partial charge in [0.25, 0.3) is 0 Å². The number of hydrogen-bond acceptors (Lipinski definition) is 9. The van der Waals surface area contributed by atoms with Crippen molar-refractivity contribution in [1.29, 1.82) is 0 Å². The van der Waals surface area contributed by atoms with Gasteiger partial charge in [0.15, 0.2) is 23.0 Å². The van der Waals surface area contributed by atoms with Crippen LogP contribution in [-0.2, 0) is 9.53 Å². The third-order valence-electron chi connectivity index (χ3n) is 5.48. The maximum Gasteiger partial charge on any atom is 0.333 e. The molecule has 1 aliphatic heterocycles. The summed E-state index contributed by atoms with van der Waals surface area (Å²) in [5, 5.41) is 19.5. The normalized spacial score (nSPS) is 20.1. The molecule has 3 aromatic rings. The molecule has 0 spiro atoms. The molecule has 180 valence electrons. The van der Waals surface area contributed by atoms with Gasteiger partial charge in [-0.2, -0.15) is 0 Å². The van der Waals surface area contributed by atoms with E-state index in [1.807, 2.05) is 0 Å². The zero-order chi connectivity index (χ0) is 24.4. The van der Waals surface area contributed by atoms with Crippen LogP contribution in [0.4, 0.5) is 0 Å². The first-order valence-electron chi connectivity index (χ1n) is 10.4. The predicted octanol–water partition coefficient (Wildman–Crippen LogP) is 2.82. The number of benzene rings is 2. The largest absolute Gasteiger partial charge is 0.497 e. The number of methoxy groups -OCH3 is 3. The average Bonchev–Trinajstić information content (AvgIpc) is 2.82. The van der Waals surface area contributed by atoms with E-state index in [0.717, 1.165) is 0 Å². The number of rotatable bonds is 7. The van der Waals surface area contributed by atoms with Gasteiger partial charge in [-0.25, -0.2) is 4.79 Å². The van der Waals surface area contributed by atoms with Gasteiger partial charge in [0.05, 0.1) is 27.4 Å². The molecule has 2 aromatic carbocycles. The SMILES string of the molecule is COc1ccc(-c2cc(=O)c3c(OC)c(OC)c(OC4CC(O)CC(C(=O)O)O4)cc3o2)cc1. The van der Waals surface area contributed by atoms with E-state index in [9.17, 15) is 19.8 Å². The van der Waals surface area contributed by atoms with E-state index >= 15 is 0 Å². The summed E-state index contributed by atoms with van der Waals surface area (Å²) < 4.78 is 33.4. The van der Waals surface area contributed by atoms with Crippen LogP contribution >= 0.6 is 0 Å². The lowest BCUT2D eigenvalue weighted by Crippen LogP contribution is -2.42. The lowest BCUT2D eigenvalue weighted by Gasteiger charge is -2.31. The third kappa shape index (κ3) is 4.50. The second-order valence-electron chi connectivity index (χ2n) is 7.65. The molecule has 34 heavy (non-hydrogen) atoms. The molecule has 0 saturated carbocycles. The Balaban J connectivity index is 1.79. The molecule has 1 aromatic heterocycles. The Morgan fingerprint density at radius 2 is 1.71 bits per heavy atom. The van der Waals surface area contributed by atoms with Crippen LogP contribution in [0.3, 0.4) is 0 Å². The van der Waals surface area contributed by atoms with E-state index in [4.69, 9.17) is 28.1 Å². The van der Waals surface area contributed by atoms with Gasteiger partial charge < -0.3 is 38.3 Å². The number of carboxylic acid groups (broad SMARTS) is 1. The quantitative estimate of drug-likeness (QED) is 0.529. The van der Waals surface area contributed by atoms with Gasteiger partial charge in [-0.05, 0) is 24.3 Å². The summed E-state index contributed by atoms with van der Waals surface area (Å²) in [6, 6.07) is 9.80. The number of aliphatic carboxylic acids is 1. The Morgan fingerprint density at radius 1 is 1.00 bits per heavy atom. The first-order chi connectivity index (χ1) is 16.3. The van der Waals surface area contributed by atoms with Crippen molar-refractivity contribution in [2.45, 2.75) is 31.3 Å². The smallest absolute Gasteiger partial charge is 0.333 e. The Morgan fingerprint density at radius 3 is 2.32 bits per heavy atom. The number of fused-ring (bicyclic) bond motifs is 1. The van der Waals surface area contributed by atoms with E-state index in [1.54, 1.807) is 31.4 Å². The van der Waals surface area contributed by atoms with Crippen molar-refractivity contribution >= 4 is 16.9 Å². The molecule has 2 N–H and O–H groups in total. The molecular weight excluding hydrogens is 448 g/mol. The summed E-state index contributed by atoms with van der Waals surface area (Å²) in [4.78, 5) is 24.4. The van der Waals surface area contributed by atoms with Gasteiger partial charge in [0.2, 0.25) is 12.0 Å². The topological polar surface area (TPSA) is 134 Å². The van der Waals surface area contributed by atoms with Gasteiger partial charge in [0, 0.05) is 30.5 Å². The fraction of sp³-hybridized carbons (Fsp3) is 0.333. The van der Waals surface area contributed by atoms with Crippen molar-refractivity contribution in [3.63, 3.8) is 0 Å². The highest BCUT2D eigenvalue weighted by Crippen LogP contribution is 2.44. The summed E-state index contributed by atoms with van der Waals surface area (Å²) >= 11 is 0. The van der Waals surface area contributed by atoms with Gasteiger partial charge in [0.1, 0.15) is 22.5 Å². The minimum Gasteiger partial charge on any atom is -0.497 e. The molecule has 2 heterocycles. The minimum absolute atomic E-state index is 0.0448. The van der Waals surface area contributed by atoms with Crippen molar-refractivity contribution < 1.29 is 43.1 Å². The van der Waals surface area contributed by atoms with E-state index in [1.165, 1.54) is 26.4 Å². The van der Waals surface area contributed by atoms with Crippen LogP contribution in [0.25, 0.3) is 22.3 Å². The second-order valence-corrected chi connectivity index (χ2v) is 7.65. The zero-order valence-corrected chi connectivity index (χ0v) is 18.8. The highest BCUT2D eigenvalue weighted by atomic mass is 16.7. The van der Waals surface area contributed by atoms with Crippen LogP contribution in [0.2, 0.25) is 0 Å². The van der Waals surface area contributed by atoms with Crippen molar-refractivity contribution in [1.82, 2.24) is 0 Å². The molecule has 10 nitrogen and oxygen atoms in total. The lowest BCUT2D eigenvalue weighted by molar-refractivity contribution is -0.195. The molecule has 0 aliphatic carbocycles. The first kappa shape index (κ1) is 23.4. The van der Waals surface area contributed by atoms with E-state index in [0.29, 0.717) is 17.1 Å². The van der Waals surface area contributed by atoms with Gasteiger partial charge in [-0.1, -0.05) is 0 Å². The highest BCUT2D eigenvalue weighted by Gasteiger charge is 2.35. The number of carbonyl (C=O) groups is 1. The number of ether oxygens (including phenoxy) is 5. The summed E-state index contributed by atoms with van der Waals surface area (Å²) in [6.07, 6.45) is -3.22. The fourth-order valence-corrected chi connectivity index (χ4v) is 3.86. The number of carboxylic acids is 1. The minimum atomic E-state index is -1.22. The van der Waals surface area contributed by atoms with Crippen LogP contribution < -0.4 is 24.4 Å². The monoisotopic (exact) mass is 472 g/mol. The maximum atomic E-state index is 13.0. The van der Waals surface area contributed by atoms with Crippen LogP contribution in [-0.4, -0.2) is 56.0 Å². The molecule has 1 aliphatic rings. The van der Waals surface area contributed by atoms with Crippen molar-refractivity contribution in [2.24, 2.45) is 0 Å². The van der Waals surface area contributed by atoms with E-state index < -0.39 is 24.5 Å². The molecule has 0 radical (unpaired) electrons. The molecule has 0 bridgehead atoms. The maximum absolute atomic E-state index is 13.0. The number of aliphatic hydroxyl groups is 1. The molecule has 3 unspecified atom stereocenters. The molecule has 1 fully saturated rings. The summed E-state index contributed by atoms with van der Waals surface area (Å²) in [5.41, 5.74) is 0.459. The Bertz CT molecular complexity index is 1250. The predicted molar refractivity (Wildman–Crippen MR) is 120 cm³/mol. The van der Waals surface area contributed by atoms with Gasteiger partial charge >= 0.3 is 5.97 Å². The Hall–Kier alpha value is -3.76. The fourth-order valence-electron chi connectivity index (χ4n) is 3.86. The Labute approximate surface area is 194 Å². The van der Waals surface area contributed by atoms with Crippen LogP contribution in [0.15, 0.2) is 45.6 Å². The lowest BCUT2D eigenvalue weighted by atomic mass is 10.1. The second kappa shape index (κ2) is 9.62. The van der Waals surface area contributed by atoms with Gasteiger partial charge in [-0.15, -0.1) is 0 Å². The zero-order valence-electron chi connectivity index (χ0n) is 18.8. The number of hydrogen-bond donors (Lipinski definition) is 2. The standard InChI is InChI=1S/C24H24O10/c1-29-14-6-4-12(5-7-14)16-10-15(26)21-17(32-16)11-18(22(30-2)23(21)31-3)33-20-9-13(25)8-19(34-20)24(27)28/h4-7,10-11,13,19-20,25H,8-9H2,1-3H3,(H,27,28). The van der Waals surface area contributed by atoms with Crippen molar-refractivity contribution in [3.8, 4) is 34.3 Å². The van der Waals surface area contributed by atoms with Crippen molar-refractivity contribution in [2.75, 3.05) is 21.3 Å². The van der Waals surface area contributed by atoms with E-state index in [2.05, 4.69) is 0 Å². The number of aliphatic hydroxyl groups excluding tert-OH is 1. The first-order valence-corrected chi connectivity index (χ1v) is 10.4. The molecule has 0 amide bonds. The Kier molecular flexibility index (Phi) is 6.62. The molecule has 3 atom stereocenters. The summed E-state index contributed by atoms with van der Waals surface area (Å²) in [6.45, 7) is 0. The third-order valence-corrected chi connectivity index (χ3v) is 5.48. The molecule has 4 rings (SSSR count). The average molecular weight is 472 g/mol. The summed E-state index contributed by atoms with van der Waals surface area (Å²) in [5.74, 6) is 0.0683. The van der Waals surface area contributed by atoms with Crippen LogP contribution in [0.1, 0.15) is 12.8 Å². The van der Waals surface area contributed by atoms with Crippen LogP contribution in [0.5, 0.6) is 23.0 Å². The van der Waals surface area contributed by atoms with Crippen LogP contribution in [0, 0.1) is 0 Å². The molecule has 1 saturated heterocycles.